The van der Waals surface area contributed by atoms with Gasteiger partial charge >= 0.3 is 11.9 Å². The van der Waals surface area contributed by atoms with Crippen LogP contribution in [-0.4, -0.2) is 29.7 Å². The van der Waals surface area contributed by atoms with Gasteiger partial charge in [-0.1, -0.05) is 37.3 Å². The number of halogens is 2. The minimum Gasteiger partial charge on any atom is -0.465 e. The highest BCUT2D eigenvalue weighted by molar-refractivity contribution is 5.77. The van der Waals surface area contributed by atoms with Gasteiger partial charge in [0, 0.05) is 0 Å². The summed E-state index contributed by atoms with van der Waals surface area (Å²) in [6.45, 7) is 1.62. The van der Waals surface area contributed by atoms with Gasteiger partial charge in [-0.05, 0) is 24.8 Å². The fraction of sp³-hybridized carbons (Fsp3) is 0.533. The van der Waals surface area contributed by atoms with E-state index in [-0.39, 0.29) is 12.8 Å². The number of hydrogen-bond donors (Lipinski definition) is 1. The monoisotopic (exact) mass is 286 g/mol. The van der Waals surface area contributed by atoms with E-state index in [9.17, 15) is 18.7 Å². The van der Waals surface area contributed by atoms with Crippen molar-refractivity contribution in [2.45, 2.75) is 44.1 Å². The van der Waals surface area contributed by atoms with E-state index in [0.717, 1.165) is 12.7 Å². The lowest BCUT2D eigenvalue weighted by Gasteiger charge is -2.30. The Kier molecular flexibility index (Phi) is 5.62. The molecule has 0 heterocycles. The number of carbonyl (C=O) groups excluding carboxylic acids is 1. The third-order valence-electron chi connectivity index (χ3n) is 3.42. The second-order valence-corrected chi connectivity index (χ2v) is 4.94. The third-order valence-corrected chi connectivity index (χ3v) is 3.42. The van der Waals surface area contributed by atoms with Crippen LogP contribution in [0.15, 0.2) is 30.3 Å². The Morgan fingerprint density at radius 2 is 1.90 bits per heavy atom. The molecule has 0 aromatic heterocycles. The summed E-state index contributed by atoms with van der Waals surface area (Å²) in [6.07, 6.45) is -0.134. The Hall–Kier alpha value is -1.49. The number of rotatable bonds is 7. The van der Waals surface area contributed by atoms with Crippen LogP contribution in [0.1, 0.15) is 31.7 Å². The first-order valence-corrected chi connectivity index (χ1v) is 6.55. The average molecular weight is 286 g/mol. The summed E-state index contributed by atoms with van der Waals surface area (Å²) in [6, 6.07) is 9.30. The van der Waals surface area contributed by atoms with Crippen LogP contribution >= 0.6 is 0 Å². The largest absolute Gasteiger partial charge is 0.465 e. The van der Waals surface area contributed by atoms with Crippen molar-refractivity contribution in [3.63, 3.8) is 0 Å². The second kappa shape index (κ2) is 6.79. The van der Waals surface area contributed by atoms with Crippen molar-refractivity contribution in [1.29, 1.82) is 0 Å². The number of aryl methyl sites for hydroxylation is 1. The highest BCUT2D eigenvalue weighted by atomic mass is 19.3. The molecule has 0 fully saturated rings. The van der Waals surface area contributed by atoms with E-state index in [4.69, 9.17) is 0 Å². The van der Waals surface area contributed by atoms with Crippen LogP contribution in [0.5, 0.6) is 0 Å². The van der Waals surface area contributed by atoms with Gasteiger partial charge in [0.15, 0.2) is 0 Å². The molecule has 0 bridgehead atoms. The number of methoxy groups -OCH3 is 1. The number of esters is 1. The van der Waals surface area contributed by atoms with Crippen LogP contribution < -0.4 is 0 Å². The number of alkyl halides is 2. The molecule has 1 unspecified atom stereocenters. The minimum atomic E-state index is -3.67. The summed E-state index contributed by atoms with van der Waals surface area (Å²) >= 11 is 0. The van der Waals surface area contributed by atoms with E-state index in [1.165, 1.54) is 0 Å². The molecule has 3 nitrogen and oxygen atoms in total. The van der Waals surface area contributed by atoms with Crippen molar-refractivity contribution in [3.8, 4) is 0 Å². The van der Waals surface area contributed by atoms with Crippen LogP contribution in [0.3, 0.4) is 0 Å². The van der Waals surface area contributed by atoms with Gasteiger partial charge in [0.05, 0.1) is 19.1 Å². The average Bonchev–Trinajstić information content (AvgIpc) is 2.45. The topological polar surface area (TPSA) is 46.5 Å². The number of carbonyl (C=O) groups is 1. The quantitative estimate of drug-likeness (QED) is 0.784. The zero-order chi connectivity index (χ0) is 15.2. The maximum atomic E-state index is 13.6. The Labute approximate surface area is 117 Å². The molecule has 0 radical (unpaired) electrons. The van der Waals surface area contributed by atoms with Crippen LogP contribution in [0, 0.1) is 0 Å². The third kappa shape index (κ3) is 4.56. The molecule has 5 heteroatoms. The second-order valence-electron chi connectivity index (χ2n) is 4.94. The molecular weight excluding hydrogens is 266 g/mol. The van der Waals surface area contributed by atoms with E-state index < -0.39 is 23.9 Å². The summed E-state index contributed by atoms with van der Waals surface area (Å²) in [5, 5.41) is 10.3. The van der Waals surface area contributed by atoms with Gasteiger partial charge in [-0.25, -0.2) is 4.79 Å². The molecule has 0 saturated carbocycles. The van der Waals surface area contributed by atoms with Crippen molar-refractivity contribution in [1.82, 2.24) is 0 Å². The van der Waals surface area contributed by atoms with E-state index in [2.05, 4.69) is 4.74 Å². The lowest BCUT2D eigenvalue weighted by Crippen LogP contribution is -2.41. The molecule has 0 amide bonds. The van der Waals surface area contributed by atoms with Gasteiger partial charge in [-0.15, -0.1) is 0 Å². The first-order chi connectivity index (χ1) is 9.33. The molecular formula is C15H20F2O3. The van der Waals surface area contributed by atoms with Crippen molar-refractivity contribution in [2.75, 3.05) is 7.11 Å². The SMILES string of the molecule is CCC(O)(CCc1ccccc1)CC(F)(F)C(=O)OC. The number of ether oxygens (including phenoxy) is 1. The van der Waals surface area contributed by atoms with Crippen molar-refractivity contribution in [3.05, 3.63) is 35.9 Å². The van der Waals surface area contributed by atoms with Crippen LogP contribution in [-0.2, 0) is 16.0 Å². The van der Waals surface area contributed by atoms with Gasteiger partial charge in [-0.3, -0.25) is 0 Å². The van der Waals surface area contributed by atoms with Gasteiger partial charge in [0.2, 0.25) is 0 Å². The first kappa shape index (κ1) is 16.6. The Morgan fingerprint density at radius 3 is 2.40 bits per heavy atom. The van der Waals surface area contributed by atoms with Crippen LogP contribution in [0.2, 0.25) is 0 Å². The molecule has 1 N–H and O–H groups in total. The summed E-state index contributed by atoms with van der Waals surface area (Å²) in [4.78, 5) is 11.0. The van der Waals surface area contributed by atoms with Gasteiger partial charge in [-0.2, -0.15) is 8.78 Å². The molecule has 0 aliphatic heterocycles. The zero-order valence-corrected chi connectivity index (χ0v) is 11.7. The highest BCUT2D eigenvalue weighted by Gasteiger charge is 2.46. The van der Waals surface area contributed by atoms with E-state index in [1.807, 2.05) is 30.3 Å². The molecule has 112 valence electrons. The highest BCUT2D eigenvalue weighted by Crippen LogP contribution is 2.32. The number of hydrogen-bond acceptors (Lipinski definition) is 3. The lowest BCUT2D eigenvalue weighted by molar-refractivity contribution is -0.178. The summed E-state index contributed by atoms with van der Waals surface area (Å²) in [7, 11) is 0.908. The maximum Gasteiger partial charge on any atom is 0.376 e. The van der Waals surface area contributed by atoms with E-state index in [0.29, 0.717) is 6.42 Å². The Balaban J connectivity index is 2.69. The van der Waals surface area contributed by atoms with Gasteiger partial charge < -0.3 is 9.84 Å². The van der Waals surface area contributed by atoms with Crippen molar-refractivity contribution in [2.24, 2.45) is 0 Å². The standard InChI is InChI=1S/C15H20F2O3/c1-3-14(19,11-15(16,17)13(18)20-2)10-9-12-7-5-4-6-8-12/h4-8,19H,3,9-11H2,1-2H3. The molecule has 0 aliphatic carbocycles. The molecule has 1 aromatic rings. The smallest absolute Gasteiger partial charge is 0.376 e. The van der Waals surface area contributed by atoms with E-state index in [1.54, 1.807) is 6.92 Å². The van der Waals surface area contributed by atoms with Gasteiger partial charge in [0.25, 0.3) is 0 Å². The van der Waals surface area contributed by atoms with Crippen molar-refractivity contribution >= 4 is 5.97 Å². The normalized spacial score (nSPS) is 14.7. The summed E-state index contributed by atoms with van der Waals surface area (Å²) in [5.74, 6) is -5.28. The Bertz CT molecular complexity index is 434. The first-order valence-electron chi connectivity index (χ1n) is 6.55. The molecule has 1 rings (SSSR count). The van der Waals surface area contributed by atoms with Crippen LogP contribution in [0.25, 0.3) is 0 Å². The maximum absolute atomic E-state index is 13.6. The van der Waals surface area contributed by atoms with Gasteiger partial charge in [0.1, 0.15) is 0 Å². The predicted molar refractivity (Wildman–Crippen MR) is 71.6 cm³/mol. The summed E-state index contributed by atoms with van der Waals surface area (Å²) in [5.41, 5.74) is -0.631. The fourth-order valence-electron chi connectivity index (χ4n) is 2.05. The van der Waals surface area contributed by atoms with Crippen molar-refractivity contribution < 1.29 is 23.4 Å². The molecule has 1 atom stereocenters. The minimum absolute atomic E-state index is 0.145. The number of benzene rings is 1. The predicted octanol–water partition coefficient (Wildman–Crippen LogP) is 2.96. The molecule has 0 saturated heterocycles. The molecule has 1 aromatic carbocycles. The Morgan fingerprint density at radius 1 is 1.30 bits per heavy atom. The molecule has 20 heavy (non-hydrogen) atoms. The lowest BCUT2D eigenvalue weighted by atomic mass is 9.86. The zero-order valence-electron chi connectivity index (χ0n) is 11.7. The molecule has 0 aliphatic rings. The van der Waals surface area contributed by atoms with Crippen LogP contribution in [0.4, 0.5) is 8.78 Å². The van der Waals surface area contributed by atoms with E-state index >= 15 is 0 Å². The molecule has 0 spiro atoms. The summed E-state index contributed by atoms with van der Waals surface area (Å²) < 4.78 is 31.3. The number of aliphatic hydroxyl groups is 1. The fourth-order valence-corrected chi connectivity index (χ4v) is 2.05.